The maximum atomic E-state index is 9.66. The van der Waals surface area contributed by atoms with Crippen molar-refractivity contribution in [1.29, 1.82) is 0 Å². The molecule has 0 aliphatic rings. The zero-order valence-corrected chi connectivity index (χ0v) is 10.2. The van der Waals surface area contributed by atoms with E-state index >= 15 is 0 Å². The Kier molecular flexibility index (Phi) is 7.15. The molecule has 0 aromatic rings. The van der Waals surface area contributed by atoms with E-state index in [1.165, 1.54) is 19.3 Å². The largest absolute Gasteiger partial charge is 0.386 e. The number of aliphatic hydroxyl groups is 1. The lowest BCUT2D eigenvalue weighted by atomic mass is 10.2. The summed E-state index contributed by atoms with van der Waals surface area (Å²) in [5.74, 6) is 0. The average molecular weight is 203 g/mol. The van der Waals surface area contributed by atoms with Crippen LogP contribution in [-0.4, -0.2) is 56.5 Å². The second kappa shape index (κ2) is 7.21. The first-order chi connectivity index (χ1) is 6.45. The molecule has 1 atom stereocenters. The van der Waals surface area contributed by atoms with Crippen molar-refractivity contribution in [3.8, 4) is 0 Å². The number of unbranched alkanes of at least 4 members (excludes halogenated alkanes) is 2. The molecule has 0 radical (unpaired) electrons. The van der Waals surface area contributed by atoms with Crippen molar-refractivity contribution in [2.45, 2.75) is 32.3 Å². The summed E-state index contributed by atoms with van der Waals surface area (Å²) in [6.45, 7) is 4.76. The van der Waals surface area contributed by atoms with Crippen molar-refractivity contribution in [2.24, 2.45) is 0 Å². The third-order valence-electron chi connectivity index (χ3n) is 2.10. The Balaban J connectivity index is 3.31. The standard InChI is InChI=1S/C11H27N2O/c1-5-6-7-8-12-9-11(14)10-13(2,3)4/h11-12,14H,5-10H2,1-4H3/q+1. The highest BCUT2D eigenvalue weighted by molar-refractivity contribution is 4.58. The van der Waals surface area contributed by atoms with E-state index in [4.69, 9.17) is 0 Å². The van der Waals surface area contributed by atoms with Gasteiger partial charge in [0.2, 0.25) is 0 Å². The summed E-state index contributed by atoms with van der Waals surface area (Å²) in [5.41, 5.74) is 0. The number of nitrogens with zero attached hydrogens (tertiary/aromatic N) is 1. The molecule has 0 fully saturated rings. The predicted octanol–water partition coefficient (Wildman–Crippen LogP) is 0.833. The molecule has 0 spiro atoms. The van der Waals surface area contributed by atoms with Crippen LogP contribution < -0.4 is 5.32 Å². The maximum Gasteiger partial charge on any atom is 0.115 e. The van der Waals surface area contributed by atoms with E-state index in [0.29, 0.717) is 0 Å². The first-order valence-corrected chi connectivity index (χ1v) is 5.65. The van der Waals surface area contributed by atoms with Crippen LogP contribution in [0.25, 0.3) is 0 Å². The molecular weight excluding hydrogens is 176 g/mol. The first kappa shape index (κ1) is 13.9. The molecule has 0 aromatic heterocycles. The number of rotatable bonds is 8. The van der Waals surface area contributed by atoms with Crippen LogP contribution in [-0.2, 0) is 0 Å². The molecule has 14 heavy (non-hydrogen) atoms. The number of quaternary nitrogens is 1. The molecule has 3 nitrogen and oxygen atoms in total. The van der Waals surface area contributed by atoms with Crippen molar-refractivity contribution in [1.82, 2.24) is 5.32 Å². The van der Waals surface area contributed by atoms with Gasteiger partial charge in [-0.25, -0.2) is 0 Å². The van der Waals surface area contributed by atoms with Crippen molar-refractivity contribution >= 4 is 0 Å². The molecule has 0 rings (SSSR count). The lowest BCUT2D eigenvalue weighted by Gasteiger charge is -2.26. The van der Waals surface area contributed by atoms with E-state index < -0.39 is 0 Å². The van der Waals surface area contributed by atoms with Crippen LogP contribution in [0.5, 0.6) is 0 Å². The van der Waals surface area contributed by atoms with Crippen LogP contribution in [0.15, 0.2) is 0 Å². The van der Waals surface area contributed by atoms with Gasteiger partial charge < -0.3 is 14.9 Å². The van der Waals surface area contributed by atoms with Crippen molar-refractivity contribution in [2.75, 3.05) is 40.8 Å². The number of nitrogens with one attached hydrogen (secondary N) is 1. The van der Waals surface area contributed by atoms with Gasteiger partial charge in [0.05, 0.1) is 21.1 Å². The monoisotopic (exact) mass is 203 g/mol. The third-order valence-corrected chi connectivity index (χ3v) is 2.10. The van der Waals surface area contributed by atoms with Crippen LogP contribution in [0, 0.1) is 0 Å². The maximum absolute atomic E-state index is 9.66. The van der Waals surface area contributed by atoms with Gasteiger partial charge in [-0.15, -0.1) is 0 Å². The molecule has 0 saturated carbocycles. The summed E-state index contributed by atoms with van der Waals surface area (Å²) >= 11 is 0. The summed E-state index contributed by atoms with van der Waals surface area (Å²) in [5, 5.41) is 12.9. The molecule has 0 heterocycles. The van der Waals surface area contributed by atoms with Crippen molar-refractivity contribution < 1.29 is 9.59 Å². The minimum Gasteiger partial charge on any atom is -0.386 e. The Labute approximate surface area is 88.7 Å². The third kappa shape index (κ3) is 9.96. The Morgan fingerprint density at radius 1 is 1.21 bits per heavy atom. The van der Waals surface area contributed by atoms with Gasteiger partial charge in [0.15, 0.2) is 0 Å². The fourth-order valence-corrected chi connectivity index (χ4v) is 1.47. The van der Waals surface area contributed by atoms with E-state index in [1.807, 2.05) is 0 Å². The Morgan fingerprint density at radius 3 is 2.36 bits per heavy atom. The Bertz CT molecular complexity index is 132. The summed E-state index contributed by atoms with van der Waals surface area (Å²) in [6, 6.07) is 0. The summed E-state index contributed by atoms with van der Waals surface area (Å²) in [7, 11) is 6.29. The van der Waals surface area contributed by atoms with Crippen molar-refractivity contribution in [3.63, 3.8) is 0 Å². The second-order valence-corrected chi connectivity index (χ2v) is 5.04. The highest BCUT2D eigenvalue weighted by Crippen LogP contribution is 1.95. The smallest absolute Gasteiger partial charge is 0.115 e. The summed E-state index contributed by atoms with van der Waals surface area (Å²) in [4.78, 5) is 0. The minimum absolute atomic E-state index is 0.225. The quantitative estimate of drug-likeness (QED) is 0.452. The first-order valence-electron chi connectivity index (χ1n) is 5.65. The average Bonchev–Trinajstić information content (AvgIpc) is 2.00. The summed E-state index contributed by atoms with van der Waals surface area (Å²) < 4.78 is 0.817. The van der Waals surface area contributed by atoms with E-state index in [1.54, 1.807) is 0 Å². The second-order valence-electron chi connectivity index (χ2n) is 5.04. The topological polar surface area (TPSA) is 32.3 Å². The normalized spacial score (nSPS) is 14.4. The van der Waals surface area contributed by atoms with Gasteiger partial charge in [0, 0.05) is 6.54 Å². The Morgan fingerprint density at radius 2 is 1.86 bits per heavy atom. The van der Waals surface area contributed by atoms with Crippen LogP contribution in [0.1, 0.15) is 26.2 Å². The number of likely N-dealkylation sites (N-methyl/N-ethyl adjacent to an activating group) is 1. The molecule has 0 aliphatic carbocycles. The fraction of sp³-hybridized carbons (Fsp3) is 1.00. The summed E-state index contributed by atoms with van der Waals surface area (Å²) in [6.07, 6.45) is 3.52. The van der Waals surface area contributed by atoms with Gasteiger partial charge in [0.25, 0.3) is 0 Å². The zero-order chi connectivity index (χ0) is 11.0. The van der Waals surface area contributed by atoms with Gasteiger partial charge in [-0.05, 0) is 13.0 Å². The van der Waals surface area contributed by atoms with E-state index in [-0.39, 0.29) is 6.10 Å². The molecule has 0 bridgehead atoms. The number of hydrogen-bond acceptors (Lipinski definition) is 2. The molecule has 0 amide bonds. The van der Waals surface area contributed by atoms with Gasteiger partial charge in [-0.3, -0.25) is 0 Å². The lowest BCUT2D eigenvalue weighted by Crippen LogP contribution is -2.45. The molecule has 86 valence electrons. The van der Waals surface area contributed by atoms with Crippen LogP contribution >= 0.6 is 0 Å². The molecular formula is C11H27N2O+. The molecule has 3 heteroatoms. The minimum atomic E-state index is -0.225. The van der Waals surface area contributed by atoms with Gasteiger partial charge in [-0.2, -0.15) is 0 Å². The molecule has 1 unspecified atom stereocenters. The molecule has 2 N–H and O–H groups in total. The molecule has 0 aliphatic heterocycles. The lowest BCUT2D eigenvalue weighted by molar-refractivity contribution is -0.873. The number of aliphatic hydroxyl groups excluding tert-OH is 1. The van der Waals surface area contributed by atoms with Gasteiger partial charge >= 0.3 is 0 Å². The highest BCUT2D eigenvalue weighted by Gasteiger charge is 2.14. The van der Waals surface area contributed by atoms with Crippen LogP contribution in [0.4, 0.5) is 0 Å². The fourth-order valence-electron chi connectivity index (χ4n) is 1.47. The SMILES string of the molecule is CCCCCNCC(O)C[N+](C)(C)C. The van der Waals surface area contributed by atoms with E-state index in [9.17, 15) is 5.11 Å². The highest BCUT2D eigenvalue weighted by atomic mass is 16.3. The number of hydrogen-bond donors (Lipinski definition) is 2. The molecule has 0 saturated heterocycles. The predicted molar refractivity (Wildman–Crippen MR) is 61.3 cm³/mol. The van der Waals surface area contributed by atoms with Crippen molar-refractivity contribution in [3.05, 3.63) is 0 Å². The van der Waals surface area contributed by atoms with E-state index in [0.717, 1.165) is 24.1 Å². The van der Waals surface area contributed by atoms with E-state index in [2.05, 4.69) is 33.4 Å². The Hall–Kier alpha value is -0.120. The van der Waals surface area contributed by atoms with Gasteiger partial charge in [-0.1, -0.05) is 19.8 Å². The van der Waals surface area contributed by atoms with Crippen LogP contribution in [0.3, 0.4) is 0 Å². The zero-order valence-electron chi connectivity index (χ0n) is 10.2. The van der Waals surface area contributed by atoms with Gasteiger partial charge in [0.1, 0.15) is 12.6 Å². The molecule has 0 aromatic carbocycles. The van der Waals surface area contributed by atoms with Crippen LogP contribution in [0.2, 0.25) is 0 Å².